The molecule has 2 amide bonds. The molecule has 1 aromatic rings. The van der Waals surface area contributed by atoms with Crippen molar-refractivity contribution >= 4 is 35.4 Å². The summed E-state index contributed by atoms with van der Waals surface area (Å²) in [6, 6.07) is 5.24. The average molecular weight is 375 g/mol. The molecule has 1 heterocycles. The Morgan fingerprint density at radius 3 is 2.42 bits per heavy atom. The van der Waals surface area contributed by atoms with Gasteiger partial charge in [0, 0.05) is 6.04 Å². The van der Waals surface area contributed by atoms with Crippen molar-refractivity contribution in [2.45, 2.75) is 38.1 Å². The van der Waals surface area contributed by atoms with E-state index >= 15 is 0 Å². The van der Waals surface area contributed by atoms with Crippen LogP contribution in [-0.2, 0) is 9.59 Å². The number of amides is 2. The van der Waals surface area contributed by atoms with E-state index in [1.807, 2.05) is 0 Å². The lowest BCUT2D eigenvalue weighted by molar-refractivity contribution is -0.144. The van der Waals surface area contributed by atoms with E-state index in [4.69, 9.17) is 21.7 Å². The van der Waals surface area contributed by atoms with Gasteiger partial charge < -0.3 is 9.47 Å². The van der Waals surface area contributed by atoms with Crippen LogP contribution in [-0.4, -0.2) is 53.3 Å². The third kappa shape index (κ3) is 3.41. The quantitative estimate of drug-likeness (QED) is 0.449. The number of hydrogen-bond acceptors (Lipinski definition) is 6. The molecule has 1 saturated heterocycles. The second kappa shape index (κ2) is 7.82. The summed E-state index contributed by atoms with van der Waals surface area (Å²) < 4.78 is 10.4. The topological polar surface area (TPSA) is 71.4 Å². The summed E-state index contributed by atoms with van der Waals surface area (Å²) in [5.41, 5.74) is 0.696. The Labute approximate surface area is 157 Å². The van der Waals surface area contributed by atoms with E-state index in [1.54, 1.807) is 32.4 Å². The summed E-state index contributed by atoms with van der Waals surface area (Å²) in [7, 11) is 3.09. The van der Waals surface area contributed by atoms with E-state index < -0.39 is 11.8 Å². The SMILES string of the molecule is COc1ccc(/C=N/N2C(=O)C(=O)N(C3CCCCC3)C2=S)cc1OC. The van der Waals surface area contributed by atoms with Gasteiger partial charge in [0.15, 0.2) is 11.5 Å². The van der Waals surface area contributed by atoms with Crippen molar-refractivity contribution in [1.82, 2.24) is 9.91 Å². The molecule has 8 heteroatoms. The van der Waals surface area contributed by atoms with Crippen LogP contribution in [0.2, 0.25) is 0 Å². The van der Waals surface area contributed by atoms with Gasteiger partial charge in [0.25, 0.3) is 0 Å². The highest BCUT2D eigenvalue weighted by Crippen LogP contribution is 2.28. The zero-order valence-electron chi connectivity index (χ0n) is 14.8. The Bertz CT molecular complexity index is 759. The molecule has 0 atom stereocenters. The maximum absolute atomic E-state index is 12.4. The van der Waals surface area contributed by atoms with Crippen LogP contribution in [0.1, 0.15) is 37.7 Å². The van der Waals surface area contributed by atoms with Crippen LogP contribution < -0.4 is 9.47 Å². The van der Waals surface area contributed by atoms with Gasteiger partial charge in [-0.1, -0.05) is 19.3 Å². The third-order valence-electron chi connectivity index (χ3n) is 4.65. The lowest BCUT2D eigenvalue weighted by Gasteiger charge is -2.29. The Balaban J connectivity index is 1.79. The van der Waals surface area contributed by atoms with Crippen LogP contribution >= 0.6 is 12.2 Å². The first kappa shape index (κ1) is 18.3. The van der Waals surface area contributed by atoms with Crippen molar-refractivity contribution < 1.29 is 19.1 Å². The fraction of sp³-hybridized carbons (Fsp3) is 0.444. The lowest BCUT2D eigenvalue weighted by Crippen LogP contribution is -2.41. The highest BCUT2D eigenvalue weighted by molar-refractivity contribution is 7.80. The van der Waals surface area contributed by atoms with E-state index in [0.717, 1.165) is 37.1 Å². The molecule has 7 nitrogen and oxygen atoms in total. The summed E-state index contributed by atoms with van der Waals surface area (Å²) >= 11 is 5.35. The second-order valence-electron chi connectivity index (χ2n) is 6.23. The molecule has 1 saturated carbocycles. The molecular weight excluding hydrogens is 354 g/mol. The molecule has 0 radical (unpaired) electrons. The number of ether oxygens (including phenoxy) is 2. The Morgan fingerprint density at radius 1 is 1.08 bits per heavy atom. The van der Waals surface area contributed by atoms with Crippen LogP contribution in [0, 0.1) is 0 Å². The number of carbonyl (C=O) groups excluding carboxylic acids is 2. The first-order chi connectivity index (χ1) is 12.6. The molecular formula is C18H21N3O4S. The minimum Gasteiger partial charge on any atom is -0.493 e. The Hall–Kier alpha value is -2.48. The van der Waals surface area contributed by atoms with Gasteiger partial charge >= 0.3 is 11.8 Å². The number of hydrazone groups is 1. The summed E-state index contributed by atoms with van der Waals surface area (Å²) in [6.45, 7) is 0. The zero-order chi connectivity index (χ0) is 18.7. The van der Waals surface area contributed by atoms with Crippen molar-refractivity contribution in [2.75, 3.05) is 14.2 Å². The summed E-state index contributed by atoms with van der Waals surface area (Å²) in [5, 5.41) is 5.30. The van der Waals surface area contributed by atoms with Crippen LogP contribution in [0.4, 0.5) is 0 Å². The van der Waals surface area contributed by atoms with Gasteiger partial charge in [0.1, 0.15) is 0 Å². The van der Waals surface area contributed by atoms with Crippen molar-refractivity contribution in [3.63, 3.8) is 0 Å². The first-order valence-corrected chi connectivity index (χ1v) is 8.95. The summed E-state index contributed by atoms with van der Waals surface area (Å²) in [6.07, 6.45) is 6.45. The highest BCUT2D eigenvalue weighted by Gasteiger charge is 2.45. The molecule has 26 heavy (non-hydrogen) atoms. The van der Waals surface area contributed by atoms with E-state index in [9.17, 15) is 9.59 Å². The fourth-order valence-electron chi connectivity index (χ4n) is 3.29. The number of nitrogens with zero attached hydrogens (tertiary/aromatic N) is 3. The minimum absolute atomic E-state index is 0.00557. The second-order valence-corrected chi connectivity index (χ2v) is 6.59. The molecule has 2 fully saturated rings. The smallest absolute Gasteiger partial charge is 0.339 e. The van der Waals surface area contributed by atoms with Crippen molar-refractivity contribution in [2.24, 2.45) is 5.10 Å². The van der Waals surface area contributed by atoms with Gasteiger partial charge in [-0.15, -0.1) is 0 Å². The molecule has 0 unspecified atom stereocenters. The van der Waals surface area contributed by atoms with Gasteiger partial charge in [-0.05, 0) is 48.8 Å². The third-order valence-corrected chi connectivity index (χ3v) is 5.02. The molecule has 138 valence electrons. The molecule has 1 aliphatic heterocycles. The molecule has 0 aromatic heterocycles. The molecule has 2 aliphatic rings. The molecule has 1 aromatic carbocycles. The number of carbonyl (C=O) groups is 2. The normalized spacial score (nSPS) is 18.9. The van der Waals surface area contributed by atoms with Crippen LogP contribution in [0.15, 0.2) is 23.3 Å². The minimum atomic E-state index is -0.711. The lowest BCUT2D eigenvalue weighted by atomic mass is 9.94. The predicted octanol–water partition coefficient (Wildman–Crippen LogP) is 2.33. The van der Waals surface area contributed by atoms with Gasteiger partial charge in [-0.2, -0.15) is 10.1 Å². The molecule has 3 rings (SSSR count). The fourth-order valence-corrected chi connectivity index (χ4v) is 3.65. The Morgan fingerprint density at radius 2 is 1.77 bits per heavy atom. The predicted molar refractivity (Wildman–Crippen MR) is 100 cm³/mol. The van der Waals surface area contributed by atoms with E-state index in [2.05, 4.69) is 5.10 Å². The van der Waals surface area contributed by atoms with Crippen LogP contribution in [0.25, 0.3) is 0 Å². The van der Waals surface area contributed by atoms with Crippen LogP contribution in [0.5, 0.6) is 11.5 Å². The number of methoxy groups -OCH3 is 2. The van der Waals surface area contributed by atoms with Gasteiger partial charge in [0.05, 0.1) is 20.4 Å². The van der Waals surface area contributed by atoms with Crippen molar-refractivity contribution in [1.29, 1.82) is 0 Å². The molecule has 1 aliphatic carbocycles. The Kier molecular flexibility index (Phi) is 5.51. The number of hydrogen-bond donors (Lipinski definition) is 0. The van der Waals surface area contributed by atoms with Gasteiger partial charge in [-0.25, -0.2) is 0 Å². The zero-order valence-corrected chi connectivity index (χ0v) is 15.6. The maximum Gasteiger partial charge on any atom is 0.339 e. The highest BCUT2D eigenvalue weighted by atomic mass is 32.1. The van der Waals surface area contributed by atoms with E-state index in [-0.39, 0.29) is 11.2 Å². The van der Waals surface area contributed by atoms with Crippen molar-refractivity contribution in [3.8, 4) is 11.5 Å². The first-order valence-electron chi connectivity index (χ1n) is 8.54. The van der Waals surface area contributed by atoms with E-state index in [0.29, 0.717) is 17.1 Å². The van der Waals surface area contributed by atoms with Crippen LogP contribution in [0.3, 0.4) is 0 Å². The molecule has 0 spiro atoms. The standard InChI is InChI=1S/C18H21N3O4S/c1-24-14-9-8-12(10-15(14)25-2)11-19-21-17(23)16(22)20(18(21)26)13-6-4-3-5-7-13/h8-11,13H,3-7H2,1-2H3/b19-11+. The number of rotatable bonds is 5. The number of thiocarbonyl (C=S) groups is 1. The van der Waals surface area contributed by atoms with Crippen molar-refractivity contribution in [3.05, 3.63) is 23.8 Å². The largest absolute Gasteiger partial charge is 0.493 e. The van der Waals surface area contributed by atoms with E-state index in [1.165, 1.54) is 11.1 Å². The summed E-state index contributed by atoms with van der Waals surface area (Å²) in [5.74, 6) is -0.161. The maximum atomic E-state index is 12.4. The monoisotopic (exact) mass is 375 g/mol. The summed E-state index contributed by atoms with van der Waals surface area (Å²) in [4.78, 5) is 26.1. The number of benzene rings is 1. The molecule has 0 N–H and O–H groups in total. The van der Waals surface area contributed by atoms with Gasteiger partial charge in [-0.3, -0.25) is 14.5 Å². The molecule has 0 bridgehead atoms. The average Bonchev–Trinajstić information content (AvgIpc) is 2.89. The van der Waals surface area contributed by atoms with Gasteiger partial charge in [0.2, 0.25) is 5.11 Å².